The molecule has 0 aliphatic carbocycles. The van der Waals surface area contributed by atoms with Gasteiger partial charge < -0.3 is 9.47 Å². The molecule has 2 heterocycles. The van der Waals surface area contributed by atoms with Crippen molar-refractivity contribution >= 4 is 5.65 Å². The molecule has 0 aromatic carbocycles. The normalized spacial score (nSPS) is 11.5. The van der Waals surface area contributed by atoms with Crippen molar-refractivity contribution < 1.29 is 9.47 Å². The van der Waals surface area contributed by atoms with E-state index >= 15 is 0 Å². The quantitative estimate of drug-likeness (QED) is 0.708. The van der Waals surface area contributed by atoms with Crippen LogP contribution >= 0.6 is 0 Å². The van der Waals surface area contributed by atoms with E-state index < -0.39 is 0 Å². The number of nitrogens with zero attached hydrogens (tertiary/aromatic N) is 3. The molecule has 0 N–H and O–H groups in total. The SMILES string of the molecule is CCOC(CCn1nc2ccccn2c1=O)OCC. The fourth-order valence-electron chi connectivity index (χ4n) is 1.93. The first-order chi connectivity index (χ1) is 9.26. The van der Waals surface area contributed by atoms with Crippen LogP contribution in [0, 0.1) is 0 Å². The van der Waals surface area contributed by atoms with Crippen LogP contribution in [0.15, 0.2) is 29.2 Å². The van der Waals surface area contributed by atoms with Gasteiger partial charge in [0.1, 0.15) is 0 Å². The Morgan fingerprint density at radius 1 is 1.26 bits per heavy atom. The van der Waals surface area contributed by atoms with Crippen LogP contribution in [-0.2, 0) is 16.0 Å². The van der Waals surface area contributed by atoms with Crippen LogP contribution in [-0.4, -0.2) is 33.7 Å². The number of rotatable bonds is 7. The number of fused-ring (bicyclic) bond motifs is 1. The van der Waals surface area contributed by atoms with Gasteiger partial charge in [0.15, 0.2) is 11.9 Å². The molecular formula is C13H19N3O3. The molecule has 0 atom stereocenters. The third-order valence-corrected chi connectivity index (χ3v) is 2.77. The monoisotopic (exact) mass is 265 g/mol. The Morgan fingerprint density at radius 2 is 2.00 bits per heavy atom. The number of aromatic nitrogens is 3. The van der Waals surface area contributed by atoms with Crippen LogP contribution in [0.3, 0.4) is 0 Å². The molecule has 0 radical (unpaired) electrons. The highest BCUT2D eigenvalue weighted by Gasteiger charge is 2.11. The van der Waals surface area contributed by atoms with E-state index in [0.29, 0.717) is 31.8 Å². The van der Waals surface area contributed by atoms with Crippen molar-refractivity contribution in [2.75, 3.05) is 13.2 Å². The maximum atomic E-state index is 12.0. The van der Waals surface area contributed by atoms with Crippen LogP contribution in [0.4, 0.5) is 0 Å². The first-order valence-corrected chi connectivity index (χ1v) is 6.53. The number of hydrogen-bond donors (Lipinski definition) is 0. The van der Waals surface area contributed by atoms with E-state index in [1.165, 1.54) is 9.08 Å². The smallest absolute Gasteiger partial charge is 0.350 e. The first kappa shape index (κ1) is 13.8. The summed E-state index contributed by atoms with van der Waals surface area (Å²) in [6, 6.07) is 5.47. The minimum absolute atomic E-state index is 0.137. The zero-order chi connectivity index (χ0) is 13.7. The lowest BCUT2D eigenvalue weighted by Crippen LogP contribution is -2.25. The van der Waals surface area contributed by atoms with Crippen molar-refractivity contribution in [2.24, 2.45) is 0 Å². The van der Waals surface area contributed by atoms with Crippen molar-refractivity contribution in [3.63, 3.8) is 0 Å². The lowest BCUT2D eigenvalue weighted by Gasteiger charge is -2.16. The molecule has 0 unspecified atom stereocenters. The number of ether oxygens (including phenoxy) is 2. The fourth-order valence-corrected chi connectivity index (χ4v) is 1.93. The summed E-state index contributed by atoms with van der Waals surface area (Å²) in [5.74, 6) is 0. The highest BCUT2D eigenvalue weighted by molar-refractivity contribution is 5.35. The molecule has 2 rings (SSSR count). The summed E-state index contributed by atoms with van der Waals surface area (Å²) in [5.41, 5.74) is 0.513. The Bertz CT molecular complexity index is 570. The maximum absolute atomic E-state index is 12.0. The lowest BCUT2D eigenvalue weighted by molar-refractivity contribution is -0.141. The Kier molecular flexibility index (Phi) is 4.70. The molecule has 2 aromatic heterocycles. The van der Waals surface area contributed by atoms with Gasteiger partial charge in [-0.15, -0.1) is 5.10 Å². The van der Waals surface area contributed by atoms with Crippen LogP contribution in [0.5, 0.6) is 0 Å². The molecule has 0 aliphatic heterocycles. The summed E-state index contributed by atoms with van der Waals surface area (Å²) < 4.78 is 13.9. The Hall–Kier alpha value is -1.66. The van der Waals surface area contributed by atoms with Gasteiger partial charge in [0.05, 0.1) is 6.54 Å². The summed E-state index contributed by atoms with van der Waals surface area (Å²) in [6.45, 7) is 5.49. The summed E-state index contributed by atoms with van der Waals surface area (Å²) in [7, 11) is 0. The van der Waals surface area contributed by atoms with Gasteiger partial charge in [-0.3, -0.25) is 4.40 Å². The Labute approximate surface area is 111 Å². The van der Waals surface area contributed by atoms with Gasteiger partial charge in [0, 0.05) is 25.8 Å². The van der Waals surface area contributed by atoms with E-state index in [0.717, 1.165) is 0 Å². The highest BCUT2D eigenvalue weighted by Crippen LogP contribution is 2.03. The van der Waals surface area contributed by atoms with Crippen molar-refractivity contribution in [3.8, 4) is 0 Å². The molecule has 0 bridgehead atoms. The molecule has 6 heteroatoms. The largest absolute Gasteiger partial charge is 0.353 e. The predicted octanol–water partition coefficient (Wildman–Crippen LogP) is 1.29. The molecular weight excluding hydrogens is 246 g/mol. The van der Waals surface area contributed by atoms with Gasteiger partial charge in [-0.1, -0.05) is 6.07 Å². The third-order valence-electron chi connectivity index (χ3n) is 2.77. The van der Waals surface area contributed by atoms with Crippen molar-refractivity contribution in [1.82, 2.24) is 14.2 Å². The molecule has 19 heavy (non-hydrogen) atoms. The molecule has 6 nitrogen and oxygen atoms in total. The lowest BCUT2D eigenvalue weighted by atomic mass is 10.4. The Morgan fingerprint density at radius 3 is 2.63 bits per heavy atom. The van der Waals surface area contributed by atoms with E-state index in [4.69, 9.17) is 9.47 Å². The van der Waals surface area contributed by atoms with Gasteiger partial charge in [0.25, 0.3) is 0 Å². The van der Waals surface area contributed by atoms with Crippen LogP contribution in [0.2, 0.25) is 0 Å². The second-order valence-corrected chi connectivity index (χ2v) is 4.06. The zero-order valence-corrected chi connectivity index (χ0v) is 11.3. The van der Waals surface area contributed by atoms with Gasteiger partial charge in [-0.2, -0.15) is 0 Å². The first-order valence-electron chi connectivity index (χ1n) is 6.53. The van der Waals surface area contributed by atoms with E-state index in [2.05, 4.69) is 5.10 Å². The van der Waals surface area contributed by atoms with Gasteiger partial charge in [0.2, 0.25) is 0 Å². The molecule has 0 aliphatic rings. The van der Waals surface area contributed by atoms with Crippen molar-refractivity contribution in [3.05, 3.63) is 34.9 Å². The topological polar surface area (TPSA) is 57.8 Å². The summed E-state index contributed by atoms with van der Waals surface area (Å²) in [6.07, 6.45) is 2.03. The molecule has 0 spiro atoms. The second-order valence-electron chi connectivity index (χ2n) is 4.06. The molecule has 104 valence electrons. The zero-order valence-electron chi connectivity index (χ0n) is 11.3. The average molecular weight is 265 g/mol. The van der Waals surface area contributed by atoms with E-state index in [1.807, 2.05) is 26.0 Å². The summed E-state index contributed by atoms with van der Waals surface area (Å²) in [5, 5.41) is 4.26. The third kappa shape index (κ3) is 3.21. The molecule has 2 aromatic rings. The molecule has 0 saturated carbocycles. The standard InChI is InChI=1S/C13H19N3O3/c1-3-18-12(19-4-2)8-10-16-13(17)15-9-6-5-7-11(15)14-16/h5-7,9,12H,3-4,8,10H2,1-2H3. The second kappa shape index (κ2) is 6.49. The van der Waals surface area contributed by atoms with Crippen molar-refractivity contribution in [2.45, 2.75) is 33.1 Å². The van der Waals surface area contributed by atoms with Crippen LogP contribution < -0.4 is 5.69 Å². The van der Waals surface area contributed by atoms with Crippen molar-refractivity contribution in [1.29, 1.82) is 0 Å². The van der Waals surface area contributed by atoms with Gasteiger partial charge in [-0.05, 0) is 26.0 Å². The number of pyridine rings is 1. The number of hydrogen-bond acceptors (Lipinski definition) is 4. The molecule has 0 saturated heterocycles. The number of aryl methyl sites for hydroxylation is 1. The van der Waals surface area contributed by atoms with Gasteiger partial charge >= 0.3 is 5.69 Å². The maximum Gasteiger partial charge on any atom is 0.350 e. The minimum atomic E-state index is -0.285. The molecule has 0 amide bonds. The average Bonchev–Trinajstić information content (AvgIpc) is 2.74. The van der Waals surface area contributed by atoms with Gasteiger partial charge in [-0.25, -0.2) is 9.48 Å². The van der Waals surface area contributed by atoms with E-state index in [1.54, 1.807) is 12.3 Å². The van der Waals surface area contributed by atoms with E-state index in [-0.39, 0.29) is 12.0 Å². The minimum Gasteiger partial charge on any atom is -0.353 e. The fraction of sp³-hybridized carbons (Fsp3) is 0.538. The predicted molar refractivity (Wildman–Crippen MR) is 71.1 cm³/mol. The Balaban J connectivity index is 2.08. The molecule has 0 fully saturated rings. The summed E-state index contributed by atoms with van der Waals surface area (Å²) >= 11 is 0. The summed E-state index contributed by atoms with van der Waals surface area (Å²) in [4.78, 5) is 12.0. The van der Waals surface area contributed by atoms with E-state index in [9.17, 15) is 4.79 Å². The highest BCUT2D eigenvalue weighted by atomic mass is 16.7. The van der Waals surface area contributed by atoms with Crippen LogP contribution in [0.1, 0.15) is 20.3 Å². The van der Waals surface area contributed by atoms with Crippen LogP contribution in [0.25, 0.3) is 5.65 Å².